The van der Waals surface area contributed by atoms with E-state index in [1.165, 1.54) is 11.1 Å². The first kappa shape index (κ1) is 10.3. The van der Waals surface area contributed by atoms with Crippen LogP contribution >= 0.6 is 0 Å². The lowest BCUT2D eigenvalue weighted by Crippen LogP contribution is -2.21. The van der Waals surface area contributed by atoms with Crippen LogP contribution in [0.2, 0.25) is 0 Å². The molecule has 0 radical (unpaired) electrons. The molecule has 1 aromatic carbocycles. The molecule has 0 heterocycles. The van der Waals surface area contributed by atoms with Crippen molar-refractivity contribution in [1.82, 2.24) is 5.32 Å². The van der Waals surface area contributed by atoms with Crippen LogP contribution in [0.4, 0.5) is 0 Å². The molecule has 13 heavy (non-hydrogen) atoms. The quantitative estimate of drug-likeness (QED) is 0.745. The maximum Gasteiger partial charge on any atom is 0.0207 e. The third kappa shape index (κ3) is 3.60. The molecule has 0 saturated heterocycles. The SMILES string of the molecule is CCc1ccc(CNC(C)C)cc1. The van der Waals surface area contributed by atoms with Crippen molar-refractivity contribution in [1.29, 1.82) is 0 Å². The molecule has 72 valence electrons. The third-order valence-electron chi connectivity index (χ3n) is 2.15. The van der Waals surface area contributed by atoms with Crippen molar-refractivity contribution in [3.05, 3.63) is 35.4 Å². The number of aryl methyl sites for hydroxylation is 1. The van der Waals surface area contributed by atoms with E-state index in [1.54, 1.807) is 0 Å². The predicted molar refractivity (Wildman–Crippen MR) is 57.8 cm³/mol. The van der Waals surface area contributed by atoms with E-state index in [0.29, 0.717) is 6.04 Å². The summed E-state index contributed by atoms with van der Waals surface area (Å²) in [5, 5.41) is 3.40. The van der Waals surface area contributed by atoms with Crippen LogP contribution in [-0.4, -0.2) is 6.04 Å². The van der Waals surface area contributed by atoms with E-state index in [2.05, 4.69) is 50.4 Å². The molecule has 0 aromatic heterocycles. The summed E-state index contributed by atoms with van der Waals surface area (Å²) in [5.74, 6) is 0. The largest absolute Gasteiger partial charge is 0.310 e. The van der Waals surface area contributed by atoms with Gasteiger partial charge in [-0.05, 0) is 17.5 Å². The molecular formula is C12H19N. The van der Waals surface area contributed by atoms with Crippen molar-refractivity contribution in [2.75, 3.05) is 0 Å². The van der Waals surface area contributed by atoms with Gasteiger partial charge in [-0.3, -0.25) is 0 Å². The lowest BCUT2D eigenvalue weighted by Gasteiger charge is -2.08. The van der Waals surface area contributed by atoms with Crippen LogP contribution in [0.1, 0.15) is 31.9 Å². The molecule has 0 unspecified atom stereocenters. The van der Waals surface area contributed by atoms with Crippen molar-refractivity contribution in [2.24, 2.45) is 0 Å². The molecule has 0 bridgehead atoms. The Kier molecular flexibility index (Phi) is 3.97. The molecule has 0 saturated carbocycles. The average molecular weight is 177 g/mol. The first-order valence-corrected chi connectivity index (χ1v) is 5.03. The highest BCUT2D eigenvalue weighted by Gasteiger charge is 1.94. The van der Waals surface area contributed by atoms with Gasteiger partial charge < -0.3 is 5.32 Å². The average Bonchev–Trinajstić information content (AvgIpc) is 2.15. The summed E-state index contributed by atoms with van der Waals surface area (Å²) in [6, 6.07) is 9.38. The van der Waals surface area contributed by atoms with Gasteiger partial charge in [0.1, 0.15) is 0 Å². The Bertz CT molecular complexity index is 236. The fourth-order valence-corrected chi connectivity index (χ4v) is 1.21. The van der Waals surface area contributed by atoms with Gasteiger partial charge in [-0.1, -0.05) is 45.0 Å². The molecule has 1 nitrogen and oxygen atoms in total. The van der Waals surface area contributed by atoms with E-state index in [-0.39, 0.29) is 0 Å². The van der Waals surface area contributed by atoms with Gasteiger partial charge in [-0.15, -0.1) is 0 Å². The van der Waals surface area contributed by atoms with Gasteiger partial charge in [0.15, 0.2) is 0 Å². The van der Waals surface area contributed by atoms with Crippen LogP contribution in [0.3, 0.4) is 0 Å². The van der Waals surface area contributed by atoms with Gasteiger partial charge in [0.2, 0.25) is 0 Å². The van der Waals surface area contributed by atoms with Gasteiger partial charge in [0.25, 0.3) is 0 Å². The second-order valence-corrected chi connectivity index (χ2v) is 3.71. The predicted octanol–water partition coefficient (Wildman–Crippen LogP) is 2.75. The van der Waals surface area contributed by atoms with Crippen LogP contribution < -0.4 is 5.32 Å². The van der Waals surface area contributed by atoms with E-state index in [1.807, 2.05) is 0 Å². The smallest absolute Gasteiger partial charge is 0.0207 e. The molecule has 0 aliphatic rings. The fourth-order valence-electron chi connectivity index (χ4n) is 1.21. The summed E-state index contributed by atoms with van der Waals surface area (Å²) >= 11 is 0. The molecule has 0 aliphatic heterocycles. The van der Waals surface area contributed by atoms with Gasteiger partial charge in [0.05, 0.1) is 0 Å². The highest BCUT2D eigenvalue weighted by Crippen LogP contribution is 2.04. The van der Waals surface area contributed by atoms with Gasteiger partial charge in [-0.25, -0.2) is 0 Å². The van der Waals surface area contributed by atoms with Crippen LogP contribution in [0.5, 0.6) is 0 Å². The summed E-state index contributed by atoms with van der Waals surface area (Å²) in [6.45, 7) is 7.49. The van der Waals surface area contributed by atoms with Gasteiger partial charge in [-0.2, -0.15) is 0 Å². The summed E-state index contributed by atoms with van der Waals surface area (Å²) in [7, 11) is 0. The normalized spacial score (nSPS) is 10.8. The van der Waals surface area contributed by atoms with Crippen LogP contribution in [0.25, 0.3) is 0 Å². The molecule has 1 heteroatoms. The fraction of sp³-hybridized carbons (Fsp3) is 0.500. The van der Waals surface area contributed by atoms with E-state index >= 15 is 0 Å². The van der Waals surface area contributed by atoms with E-state index < -0.39 is 0 Å². The number of benzene rings is 1. The van der Waals surface area contributed by atoms with E-state index in [9.17, 15) is 0 Å². The molecular weight excluding hydrogens is 158 g/mol. The van der Waals surface area contributed by atoms with Crippen molar-refractivity contribution in [2.45, 2.75) is 39.8 Å². The Morgan fingerprint density at radius 2 is 1.62 bits per heavy atom. The first-order chi connectivity index (χ1) is 6.22. The molecule has 0 atom stereocenters. The lowest BCUT2D eigenvalue weighted by molar-refractivity contribution is 0.589. The van der Waals surface area contributed by atoms with Crippen LogP contribution in [0.15, 0.2) is 24.3 Å². The molecule has 0 aliphatic carbocycles. The Hall–Kier alpha value is -0.820. The minimum atomic E-state index is 0.561. The highest BCUT2D eigenvalue weighted by atomic mass is 14.9. The molecule has 1 aromatic rings. The second kappa shape index (κ2) is 5.03. The summed E-state index contributed by atoms with van der Waals surface area (Å²) in [6.07, 6.45) is 1.12. The van der Waals surface area contributed by atoms with Crippen molar-refractivity contribution >= 4 is 0 Å². The van der Waals surface area contributed by atoms with Crippen molar-refractivity contribution < 1.29 is 0 Å². The Morgan fingerprint density at radius 3 is 2.08 bits per heavy atom. The second-order valence-electron chi connectivity index (χ2n) is 3.71. The topological polar surface area (TPSA) is 12.0 Å². The monoisotopic (exact) mass is 177 g/mol. The Morgan fingerprint density at radius 1 is 1.08 bits per heavy atom. The lowest BCUT2D eigenvalue weighted by atomic mass is 10.1. The maximum absolute atomic E-state index is 3.40. The summed E-state index contributed by atoms with van der Waals surface area (Å²) < 4.78 is 0. The summed E-state index contributed by atoms with van der Waals surface area (Å²) in [4.78, 5) is 0. The third-order valence-corrected chi connectivity index (χ3v) is 2.15. The molecule has 1 rings (SSSR count). The number of rotatable bonds is 4. The van der Waals surface area contributed by atoms with Crippen molar-refractivity contribution in [3.63, 3.8) is 0 Å². The number of nitrogens with one attached hydrogen (secondary N) is 1. The van der Waals surface area contributed by atoms with Crippen LogP contribution in [-0.2, 0) is 13.0 Å². The Labute approximate surface area is 81.2 Å². The number of hydrogen-bond donors (Lipinski definition) is 1. The zero-order valence-corrected chi connectivity index (χ0v) is 8.80. The van der Waals surface area contributed by atoms with Crippen LogP contribution in [0, 0.1) is 0 Å². The maximum atomic E-state index is 3.40. The van der Waals surface area contributed by atoms with Crippen molar-refractivity contribution in [3.8, 4) is 0 Å². The summed E-state index contributed by atoms with van der Waals surface area (Å²) in [5.41, 5.74) is 2.78. The standard InChI is InChI=1S/C12H19N/c1-4-11-5-7-12(8-6-11)9-13-10(2)3/h5-8,10,13H,4,9H2,1-3H3. The molecule has 1 N–H and O–H groups in total. The number of hydrogen-bond acceptors (Lipinski definition) is 1. The first-order valence-electron chi connectivity index (χ1n) is 5.03. The zero-order chi connectivity index (χ0) is 9.68. The highest BCUT2D eigenvalue weighted by molar-refractivity contribution is 5.22. The molecule has 0 amide bonds. The molecule has 0 spiro atoms. The Balaban J connectivity index is 2.49. The van der Waals surface area contributed by atoms with E-state index in [0.717, 1.165) is 13.0 Å². The van der Waals surface area contributed by atoms with Gasteiger partial charge >= 0.3 is 0 Å². The zero-order valence-electron chi connectivity index (χ0n) is 8.80. The minimum absolute atomic E-state index is 0.561. The molecule has 0 fully saturated rings. The van der Waals surface area contributed by atoms with E-state index in [4.69, 9.17) is 0 Å². The minimum Gasteiger partial charge on any atom is -0.310 e. The van der Waals surface area contributed by atoms with Gasteiger partial charge in [0, 0.05) is 12.6 Å².